The minimum absolute atomic E-state index is 0.286. The first-order valence-electron chi connectivity index (χ1n) is 7.61. The summed E-state index contributed by atoms with van der Waals surface area (Å²) in [7, 11) is 0. The third-order valence-corrected chi connectivity index (χ3v) is 3.70. The van der Waals surface area contributed by atoms with E-state index in [4.69, 9.17) is 5.73 Å². The molecule has 0 saturated carbocycles. The van der Waals surface area contributed by atoms with Crippen LogP contribution in [0.5, 0.6) is 0 Å². The number of primary amides is 1. The Labute approximate surface area is 140 Å². The van der Waals surface area contributed by atoms with Gasteiger partial charge in [0.2, 0.25) is 5.91 Å². The number of amides is 3. The summed E-state index contributed by atoms with van der Waals surface area (Å²) in [4.78, 5) is 25.3. The van der Waals surface area contributed by atoms with E-state index in [-0.39, 0.29) is 18.4 Å². The van der Waals surface area contributed by atoms with Gasteiger partial charge in [0.25, 0.3) is 0 Å². The molecular formula is C18H20FN3O2. The lowest BCUT2D eigenvalue weighted by molar-refractivity contribution is 0.1000. The fourth-order valence-corrected chi connectivity index (χ4v) is 2.29. The standard InChI is InChI=1S/C18H20FN3O2/c1-3-22(11-13-5-4-6-15(19)9-13)18(24)21-16-10-14(17(20)23)8-7-12(16)2/h4-10H,3,11H2,1-2H3,(H2,20,23)(H,21,24). The van der Waals surface area contributed by atoms with Crippen LogP contribution in [0, 0.1) is 12.7 Å². The molecule has 2 rings (SSSR count). The van der Waals surface area contributed by atoms with Gasteiger partial charge in [0.1, 0.15) is 5.82 Å². The lowest BCUT2D eigenvalue weighted by Gasteiger charge is -2.22. The largest absolute Gasteiger partial charge is 0.366 e. The number of hydrogen-bond acceptors (Lipinski definition) is 2. The first-order valence-corrected chi connectivity index (χ1v) is 7.61. The molecular weight excluding hydrogens is 309 g/mol. The van der Waals surface area contributed by atoms with Crippen LogP contribution < -0.4 is 11.1 Å². The second-order valence-electron chi connectivity index (χ2n) is 5.47. The Bertz CT molecular complexity index is 762. The maximum absolute atomic E-state index is 13.3. The molecule has 0 fully saturated rings. The number of halogens is 1. The SMILES string of the molecule is CCN(Cc1cccc(F)c1)C(=O)Nc1cc(C(N)=O)ccc1C. The Morgan fingerprint density at radius 3 is 2.58 bits per heavy atom. The van der Waals surface area contributed by atoms with Gasteiger partial charge in [-0.1, -0.05) is 18.2 Å². The van der Waals surface area contributed by atoms with Gasteiger partial charge in [-0.3, -0.25) is 4.79 Å². The second-order valence-corrected chi connectivity index (χ2v) is 5.47. The molecule has 6 heteroatoms. The number of benzene rings is 2. The Balaban J connectivity index is 2.15. The number of carbonyl (C=O) groups is 2. The first-order chi connectivity index (χ1) is 11.4. The van der Waals surface area contributed by atoms with E-state index >= 15 is 0 Å². The lowest BCUT2D eigenvalue weighted by Crippen LogP contribution is -2.34. The van der Waals surface area contributed by atoms with Gasteiger partial charge >= 0.3 is 6.03 Å². The molecule has 3 amide bonds. The van der Waals surface area contributed by atoms with Gasteiger partial charge in [-0.05, 0) is 49.2 Å². The van der Waals surface area contributed by atoms with Crippen molar-refractivity contribution in [3.05, 3.63) is 65.0 Å². The molecule has 0 aliphatic rings. The molecule has 0 aliphatic heterocycles. The Kier molecular flexibility index (Phi) is 5.52. The Hall–Kier alpha value is -2.89. The van der Waals surface area contributed by atoms with E-state index < -0.39 is 5.91 Å². The van der Waals surface area contributed by atoms with Gasteiger partial charge < -0.3 is 16.0 Å². The van der Waals surface area contributed by atoms with Crippen LogP contribution in [0.1, 0.15) is 28.4 Å². The number of nitrogens with zero attached hydrogens (tertiary/aromatic N) is 1. The topological polar surface area (TPSA) is 75.4 Å². The van der Waals surface area contributed by atoms with Crippen molar-refractivity contribution < 1.29 is 14.0 Å². The first kappa shape index (κ1) is 17.5. The van der Waals surface area contributed by atoms with E-state index in [1.54, 1.807) is 35.2 Å². The number of anilines is 1. The summed E-state index contributed by atoms with van der Waals surface area (Å²) < 4.78 is 13.3. The molecule has 0 aromatic heterocycles. The minimum Gasteiger partial charge on any atom is -0.366 e. The van der Waals surface area contributed by atoms with E-state index in [0.29, 0.717) is 23.4 Å². The molecule has 0 radical (unpaired) electrons. The van der Waals surface area contributed by atoms with Crippen molar-refractivity contribution in [3.63, 3.8) is 0 Å². The average molecular weight is 329 g/mol. The third-order valence-electron chi connectivity index (χ3n) is 3.70. The van der Waals surface area contributed by atoms with Gasteiger partial charge in [-0.25, -0.2) is 9.18 Å². The summed E-state index contributed by atoms with van der Waals surface area (Å²) in [5, 5.41) is 2.78. The Morgan fingerprint density at radius 1 is 1.21 bits per heavy atom. The van der Waals surface area contributed by atoms with Gasteiger partial charge in [0.15, 0.2) is 0 Å². The molecule has 0 aliphatic carbocycles. The summed E-state index contributed by atoms with van der Waals surface area (Å²) in [6.07, 6.45) is 0. The lowest BCUT2D eigenvalue weighted by atomic mass is 10.1. The van der Waals surface area contributed by atoms with Crippen molar-refractivity contribution in [2.45, 2.75) is 20.4 Å². The highest BCUT2D eigenvalue weighted by molar-refractivity contribution is 5.96. The summed E-state index contributed by atoms with van der Waals surface area (Å²) in [6.45, 7) is 4.40. The van der Waals surface area contributed by atoms with Gasteiger partial charge in [-0.2, -0.15) is 0 Å². The molecule has 2 aromatic rings. The highest BCUT2D eigenvalue weighted by Crippen LogP contribution is 2.18. The van der Waals surface area contributed by atoms with Crippen LogP contribution in [0.15, 0.2) is 42.5 Å². The predicted octanol–water partition coefficient (Wildman–Crippen LogP) is 3.29. The smallest absolute Gasteiger partial charge is 0.322 e. The molecule has 0 saturated heterocycles. The van der Waals surface area contributed by atoms with Crippen LogP contribution in [-0.4, -0.2) is 23.4 Å². The number of carbonyl (C=O) groups excluding carboxylic acids is 2. The van der Waals surface area contributed by atoms with Crippen molar-refractivity contribution in [1.29, 1.82) is 0 Å². The highest BCUT2D eigenvalue weighted by Gasteiger charge is 2.14. The van der Waals surface area contributed by atoms with E-state index in [1.165, 1.54) is 12.1 Å². The number of hydrogen-bond donors (Lipinski definition) is 2. The number of nitrogens with two attached hydrogens (primary N) is 1. The molecule has 5 nitrogen and oxygen atoms in total. The fourth-order valence-electron chi connectivity index (χ4n) is 2.29. The normalized spacial score (nSPS) is 10.3. The molecule has 0 atom stereocenters. The molecule has 2 aromatic carbocycles. The Morgan fingerprint density at radius 2 is 1.96 bits per heavy atom. The molecule has 24 heavy (non-hydrogen) atoms. The van der Waals surface area contributed by atoms with E-state index in [0.717, 1.165) is 5.56 Å². The number of aryl methyl sites for hydroxylation is 1. The zero-order valence-corrected chi connectivity index (χ0v) is 13.7. The number of nitrogens with one attached hydrogen (secondary N) is 1. The maximum Gasteiger partial charge on any atom is 0.322 e. The summed E-state index contributed by atoms with van der Waals surface area (Å²) >= 11 is 0. The molecule has 0 bridgehead atoms. The van der Waals surface area contributed by atoms with Crippen molar-refractivity contribution in [3.8, 4) is 0 Å². The predicted molar refractivity (Wildman–Crippen MR) is 91.2 cm³/mol. The van der Waals surface area contributed by atoms with Crippen molar-refractivity contribution in [1.82, 2.24) is 4.90 Å². The fraction of sp³-hybridized carbons (Fsp3) is 0.222. The summed E-state index contributed by atoms with van der Waals surface area (Å²) in [6, 6.07) is 10.7. The maximum atomic E-state index is 13.3. The van der Waals surface area contributed by atoms with Crippen LogP contribution >= 0.6 is 0 Å². The molecule has 3 N–H and O–H groups in total. The van der Waals surface area contributed by atoms with Crippen LogP contribution in [0.3, 0.4) is 0 Å². The van der Waals surface area contributed by atoms with Crippen molar-refractivity contribution >= 4 is 17.6 Å². The third kappa shape index (κ3) is 4.32. The van der Waals surface area contributed by atoms with E-state index in [9.17, 15) is 14.0 Å². The highest BCUT2D eigenvalue weighted by atomic mass is 19.1. The second kappa shape index (κ2) is 7.59. The van der Waals surface area contributed by atoms with Crippen LogP contribution in [-0.2, 0) is 6.54 Å². The van der Waals surface area contributed by atoms with E-state index in [2.05, 4.69) is 5.32 Å². The zero-order valence-electron chi connectivity index (χ0n) is 13.7. The van der Waals surface area contributed by atoms with Crippen LogP contribution in [0.4, 0.5) is 14.9 Å². The van der Waals surface area contributed by atoms with Gasteiger partial charge in [-0.15, -0.1) is 0 Å². The molecule has 0 heterocycles. The minimum atomic E-state index is -0.558. The summed E-state index contributed by atoms with van der Waals surface area (Å²) in [5.41, 5.74) is 7.63. The molecule has 126 valence electrons. The average Bonchev–Trinajstić information content (AvgIpc) is 2.54. The quantitative estimate of drug-likeness (QED) is 0.883. The van der Waals surface area contributed by atoms with Crippen LogP contribution in [0.2, 0.25) is 0 Å². The van der Waals surface area contributed by atoms with Crippen molar-refractivity contribution in [2.24, 2.45) is 5.73 Å². The summed E-state index contributed by atoms with van der Waals surface area (Å²) in [5.74, 6) is -0.897. The van der Waals surface area contributed by atoms with Gasteiger partial charge in [0.05, 0.1) is 0 Å². The molecule has 0 spiro atoms. The van der Waals surface area contributed by atoms with E-state index in [1.807, 2.05) is 13.8 Å². The van der Waals surface area contributed by atoms with Crippen LogP contribution in [0.25, 0.3) is 0 Å². The van der Waals surface area contributed by atoms with Gasteiger partial charge in [0, 0.05) is 24.3 Å². The number of urea groups is 1. The van der Waals surface area contributed by atoms with Crippen molar-refractivity contribution in [2.75, 3.05) is 11.9 Å². The number of rotatable bonds is 5. The zero-order chi connectivity index (χ0) is 17.7. The molecule has 0 unspecified atom stereocenters. The monoisotopic (exact) mass is 329 g/mol.